The molecular weight excluding hydrogens is 270 g/mol. The van der Waals surface area contributed by atoms with Crippen molar-refractivity contribution in [2.45, 2.75) is 26.2 Å². The van der Waals surface area contributed by atoms with Crippen LogP contribution < -0.4 is 5.32 Å². The van der Waals surface area contributed by atoms with Crippen molar-refractivity contribution in [3.05, 3.63) is 35.1 Å². The Balaban J connectivity index is 2.07. The first kappa shape index (κ1) is 13.7. The number of furan rings is 1. The quantitative estimate of drug-likeness (QED) is 0.831. The van der Waals surface area contributed by atoms with Crippen LogP contribution in [0.25, 0.3) is 11.0 Å². The fourth-order valence-corrected chi connectivity index (χ4v) is 3.05. The van der Waals surface area contributed by atoms with Gasteiger partial charge in [-0.2, -0.15) is 0 Å². The lowest BCUT2D eigenvalue weighted by Crippen LogP contribution is -2.44. The summed E-state index contributed by atoms with van der Waals surface area (Å²) in [6.45, 7) is 4.39. The van der Waals surface area contributed by atoms with Crippen molar-refractivity contribution in [1.82, 2.24) is 5.32 Å². The van der Waals surface area contributed by atoms with Gasteiger partial charge in [-0.05, 0) is 43.5 Å². The predicted molar refractivity (Wildman–Crippen MR) is 77.2 cm³/mol. The monoisotopic (exact) mass is 287 g/mol. The minimum absolute atomic E-state index is 0.296. The molecule has 1 aliphatic rings. The van der Waals surface area contributed by atoms with E-state index in [4.69, 9.17) is 4.42 Å². The van der Waals surface area contributed by atoms with Gasteiger partial charge in [0.2, 0.25) is 5.91 Å². The lowest BCUT2D eigenvalue weighted by Gasteiger charge is -2.28. The number of piperidine rings is 1. The molecular formula is C16H17NO4. The zero-order valence-corrected chi connectivity index (χ0v) is 12.0. The van der Waals surface area contributed by atoms with Gasteiger partial charge < -0.3 is 14.8 Å². The van der Waals surface area contributed by atoms with Gasteiger partial charge in [0.25, 0.3) is 0 Å². The van der Waals surface area contributed by atoms with Gasteiger partial charge in [0.05, 0.1) is 0 Å². The number of carbonyl (C=O) groups excluding carboxylic acids is 1. The van der Waals surface area contributed by atoms with Crippen LogP contribution in [-0.4, -0.2) is 23.5 Å². The zero-order chi connectivity index (χ0) is 15.1. The van der Waals surface area contributed by atoms with E-state index in [2.05, 4.69) is 5.32 Å². The third-order valence-electron chi connectivity index (χ3n) is 4.33. The first-order chi connectivity index (χ1) is 9.99. The highest BCUT2D eigenvalue weighted by atomic mass is 16.4. The van der Waals surface area contributed by atoms with Crippen molar-refractivity contribution >= 4 is 22.8 Å². The molecule has 2 aromatic rings. The molecule has 1 aromatic carbocycles. The Morgan fingerprint density at radius 1 is 1.38 bits per heavy atom. The SMILES string of the molecule is Cc1oc2ccc(C3CCNC(=O)C3C(=O)O)cc2c1C. The lowest BCUT2D eigenvalue weighted by molar-refractivity contribution is -0.149. The predicted octanol–water partition coefficient (Wildman–Crippen LogP) is 2.35. The Hall–Kier alpha value is -2.30. The molecule has 0 spiro atoms. The van der Waals surface area contributed by atoms with E-state index in [1.807, 2.05) is 32.0 Å². The van der Waals surface area contributed by atoms with Gasteiger partial charge in [-0.1, -0.05) is 6.07 Å². The van der Waals surface area contributed by atoms with Crippen LogP contribution in [0.15, 0.2) is 22.6 Å². The summed E-state index contributed by atoms with van der Waals surface area (Å²) in [5.74, 6) is -1.94. The second-order valence-electron chi connectivity index (χ2n) is 5.54. The van der Waals surface area contributed by atoms with E-state index in [0.717, 1.165) is 27.9 Å². The molecule has 0 aliphatic carbocycles. The molecule has 2 atom stereocenters. The summed E-state index contributed by atoms with van der Waals surface area (Å²) in [5, 5.41) is 12.9. The number of nitrogens with one attached hydrogen (secondary N) is 1. The van der Waals surface area contributed by atoms with Crippen molar-refractivity contribution in [1.29, 1.82) is 0 Å². The van der Waals surface area contributed by atoms with Crippen LogP contribution in [0.3, 0.4) is 0 Å². The Labute approximate surface area is 121 Å². The summed E-state index contributed by atoms with van der Waals surface area (Å²) in [6, 6.07) is 5.68. The first-order valence-corrected chi connectivity index (χ1v) is 6.99. The molecule has 1 saturated heterocycles. The average molecular weight is 287 g/mol. The maximum Gasteiger partial charge on any atom is 0.316 e. The number of carboxylic acid groups (broad SMARTS) is 1. The summed E-state index contributed by atoms with van der Waals surface area (Å²) < 4.78 is 5.64. The Bertz CT molecular complexity index is 731. The fraction of sp³-hybridized carbons (Fsp3) is 0.375. The van der Waals surface area contributed by atoms with Gasteiger partial charge in [-0.25, -0.2) is 0 Å². The molecule has 1 fully saturated rings. The van der Waals surface area contributed by atoms with Crippen molar-refractivity contribution in [2.24, 2.45) is 5.92 Å². The lowest BCUT2D eigenvalue weighted by atomic mass is 9.80. The maximum atomic E-state index is 11.8. The summed E-state index contributed by atoms with van der Waals surface area (Å²) in [7, 11) is 0. The molecule has 1 aliphatic heterocycles. The summed E-state index contributed by atoms with van der Waals surface area (Å²) >= 11 is 0. The van der Waals surface area contributed by atoms with Crippen LogP contribution >= 0.6 is 0 Å². The van der Waals surface area contributed by atoms with Crippen LogP contribution in [0, 0.1) is 19.8 Å². The summed E-state index contributed by atoms with van der Waals surface area (Å²) in [4.78, 5) is 23.2. The number of aryl methyl sites for hydroxylation is 2. The van der Waals surface area contributed by atoms with E-state index in [1.54, 1.807) is 0 Å². The fourth-order valence-electron chi connectivity index (χ4n) is 3.05. The van der Waals surface area contributed by atoms with E-state index >= 15 is 0 Å². The maximum absolute atomic E-state index is 11.8. The van der Waals surface area contributed by atoms with Crippen LogP contribution in [0.1, 0.15) is 29.2 Å². The molecule has 0 saturated carbocycles. The second-order valence-corrected chi connectivity index (χ2v) is 5.54. The number of benzene rings is 1. The van der Waals surface area contributed by atoms with Crippen molar-refractivity contribution in [3.8, 4) is 0 Å². The molecule has 2 unspecified atom stereocenters. The first-order valence-electron chi connectivity index (χ1n) is 6.99. The molecule has 2 heterocycles. The number of hydrogen-bond donors (Lipinski definition) is 2. The molecule has 2 N–H and O–H groups in total. The third-order valence-corrected chi connectivity index (χ3v) is 4.33. The number of fused-ring (bicyclic) bond motifs is 1. The second kappa shape index (κ2) is 4.91. The Morgan fingerprint density at radius 3 is 2.86 bits per heavy atom. The van der Waals surface area contributed by atoms with E-state index in [9.17, 15) is 14.7 Å². The number of carboxylic acids is 1. The molecule has 5 nitrogen and oxygen atoms in total. The number of amides is 1. The van der Waals surface area contributed by atoms with E-state index in [0.29, 0.717) is 13.0 Å². The topological polar surface area (TPSA) is 79.5 Å². The van der Waals surface area contributed by atoms with E-state index in [1.165, 1.54) is 0 Å². The van der Waals surface area contributed by atoms with Crippen LogP contribution in [-0.2, 0) is 9.59 Å². The highest BCUT2D eigenvalue weighted by Crippen LogP contribution is 2.34. The van der Waals surface area contributed by atoms with Gasteiger partial charge in [0.1, 0.15) is 17.3 Å². The Kier molecular flexibility index (Phi) is 3.20. The van der Waals surface area contributed by atoms with Crippen molar-refractivity contribution in [2.75, 3.05) is 6.54 Å². The standard InChI is InChI=1S/C16H17NO4/c1-8-9(2)21-13-4-3-10(7-12(8)13)11-5-6-17-15(18)14(11)16(19)20/h3-4,7,11,14H,5-6H2,1-2H3,(H,17,18)(H,19,20). The van der Waals surface area contributed by atoms with Gasteiger partial charge >= 0.3 is 5.97 Å². The van der Waals surface area contributed by atoms with Crippen LogP contribution in [0.5, 0.6) is 0 Å². The van der Waals surface area contributed by atoms with Gasteiger partial charge in [-0.3, -0.25) is 9.59 Å². The zero-order valence-electron chi connectivity index (χ0n) is 12.0. The minimum Gasteiger partial charge on any atom is -0.481 e. The van der Waals surface area contributed by atoms with Gasteiger partial charge in [-0.15, -0.1) is 0 Å². The van der Waals surface area contributed by atoms with Crippen molar-refractivity contribution in [3.63, 3.8) is 0 Å². The third kappa shape index (κ3) is 2.18. The van der Waals surface area contributed by atoms with Crippen LogP contribution in [0.4, 0.5) is 0 Å². The molecule has 0 bridgehead atoms. The van der Waals surface area contributed by atoms with E-state index < -0.39 is 17.8 Å². The smallest absolute Gasteiger partial charge is 0.316 e. The number of hydrogen-bond acceptors (Lipinski definition) is 3. The number of carbonyl (C=O) groups is 2. The highest BCUT2D eigenvalue weighted by Gasteiger charge is 2.38. The minimum atomic E-state index is -1.07. The van der Waals surface area contributed by atoms with Gasteiger partial charge in [0.15, 0.2) is 0 Å². The highest BCUT2D eigenvalue weighted by molar-refractivity contribution is 5.98. The Morgan fingerprint density at radius 2 is 2.14 bits per heavy atom. The summed E-state index contributed by atoms with van der Waals surface area (Å²) in [6.07, 6.45) is 0.629. The average Bonchev–Trinajstić information content (AvgIpc) is 2.73. The van der Waals surface area contributed by atoms with Gasteiger partial charge in [0, 0.05) is 17.8 Å². The molecule has 1 aromatic heterocycles. The molecule has 1 amide bonds. The number of rotatable bonds is 2. The molecule has 5 heteroatoms. The molecule has 110 valence electrons. The molecule has 3 rings (SSSR count). The normalized spacial score (nSPS) is 22.3. The molecule has 0 radical (unpaired) electrons. The van der Waals surface area contributed by atoms with Crippen molar-refractivity contribution < 1.29 is 19.1 Å². The number of aliphatic carboxylic acids is 1. The van der Waals surface area contributed by atoms with Crippen LogP contribution in [0.2, 0.25) is 0 Å². The molecule has 21 heavy (non-hydrogen) atoms. The largest absolute Gasteiger partial charge is 0.481 e. The summed E-state index contributed by atoms with van der Waals surface area (Å²) in [5.41, 5.74) is 2.73. The van der Waals surface area contributed by atoms with E-state index in [-0.39, 0.29) is 5.92 Å².